The topological polar surface area (TPSA) is 86.5 Å². The standard InChI is InChI=1S/C11H17ClN6/c1-7(2)15-10-17-8(12)16-9(18-10)14-6-11(3,4)5-13/h7H,6H2,1-4H3,(H2,14,15,16,17,18). The Balaban J connectivity index is 2.78. The molecule has 0 aliphatic carbocycles. The van der Waals surface area contributed by atoms with Crippen molar-refractivity contribution in [2.75, 3.05) is 17.2 Å². The monoisotopic (exact) mass is 268 g/mol. The van der Waals surface area contributed by atoms with Crippen LogP contribution >= 0.6 is 11.6 Å². The zero-order valence-corrected chi connectivity index (χ0v) is 11.7. The molecule has 1 aromatic heterocycles. The average Bonchev–Trinajstić information content (AvgIpc) is 2.25. The van der Waals surface area contributed by atoms with E-state index in [1.807, 2.05) is 27.7 Å². The maximum Gasteiger partial charge on any atom is 0.228 e. The molecule has 1 rings (SSSR count). The summed E-state index contributed by atoms with van der Waals surface area (Å²) in [6, 6.07) is 2.39. The zero-order chi connectivity index (χ0) is 13.8. The third-order valence-electron chi connectivity index (χ3n) is 2.02. The number of anilines is 2. The number of nitriles is 1. The van der Waals surface area contributed by atoms with Gasteiger partial charge in [-0.05, 0) is 39.3 Å². The Kier molecular flexibility index (Phi) is 4.68. The van der Waals surface area contributed by atoms with E-state index in [0.717, 1.165) is 0 Å². The molecular formula is C11H17ClN6. The molecule has 0 unspecified atom stereocenters. The molecule has 0 aromatic carbocycles. The smallest absolute Gasteiger partial charge is 0.228 e. The maximum atomic E-state index is 8.92. The van der Waals surface area contributed by atoms with Gasteiger partial charge < -0.3 is 10.6 Å². The van der Waals surface area contributed by atoms with Gasteiger partial charge in [-0.25, -0.2) is 0 Å². The molecule has 1 aromatic rings. The molecule has 0 amide bonds. The van der Waals surface area contributed by atoms with Crippen molar-refractivity contribution in [1.29, 1.82) is 5.26 Å². The molecule has 0 aliphatic heterocycles. The summed E-state index contributed by atoms with van der Waals surface area (Å²) in [5.74, 6) is 0.781. The van der Waals surface area contributed by atoms with Crippen LogP contribution in [0.5, 0.6) is 0 Å². The van der Waals surface area contributed by atoms with Gasteiger partial charge in [-0.3, -0.25) is 0 Å². The molecule has 0 radical (unpaired) electrons. The minimum absolute atomic E-state index is 0.116. The summed E-state index contributed by atoms with van der Waals surface area (Å²) >= 11 is 5.81. The molecule has 0 bridgehead atoms. The van der Waals surface area contributed by atoms with Crippen molar-refractivity contribution >= 4 is 23.5 Å². The molecule has 0 fully saturated rings. The fourth-order valence-electron chi connectivity index (χ4n) is 1.09. The SMILES string of the molecule is CC(C)Nc1nc(Cl)nc(NCC(C)(C)C#N)n1. The third kappa shape index (κ3) is 4.72. The summed E-state index contributed by atoms with van der Waals surface area (Å²) in [7, 11) is 0. The number of nitrogens with zero attached hydrogens (tertiary/aromatic N) is 4. The number of rotatable bonds is 5. The number of hydrogen-bond donors (Lipinski definition) is 2. The molecule has 1 heterocycles. The average molecular weight is 269 g/mol. The van der Waals surface area contributed by atoms with Crippen molar-refractivity contribution in [3.05, 3.63) is 5.28 Å². The first-order valence-corrected chi connectivity index (χ1v) is 6.03. The lowest BCUT2D eigenvalue weighted by atomic mass is 9.96. The lowest BCUT2D eigenvalue weighted by Gasteiger charge is -2.16. The van der Waals surface area contributed by atoms with Crippen LogP contribution in [0.15, 0.2) is 0 Å². The van der Waals surface area contributed by atoms with Crippen molar-refractivity contribution in [3.63, 3.8) is 0 Å². The van der Waals surface area contributed by atoms with Crippen LogP contribution in [0.25, 0.3) is 0 Å². The third-order valence-corrected chi connectivity index (χ3v) is 2.19. The lowest BCUT2D eigenvalue weighted by molar-refractivity contribution is 0.527. The van der Waals surface area contributed by atoms with Gasteiger partial charge in [0.2, 0.25) is 17.2 Å². The van der Waals surface area contributed by atoms with Crippen molar-refractivity contribution < 1.29 is 0 Å². The van der Waals surface area contributed by atoms with E-state index in [2.05, 4.69) is 31.7 Å². The summed E-state index contributed by atoms with van der Waals surface area (Å²) in [5.41, 5.74) is -0.495. The molecule has 18 heavy (non-hydrogen) atoms. The van der Waals surface area contributed by atoms with E-state index in [0.29, 0.717) is 18.4 Å². The van der Waals surface area contributed by atoms with Crippen LogP contribution in [0, 0.1) is 16.7 Å². The summed E-state index contributed by atoms with van der Waals surface area (Å²) in [4.78, 5) is 12.1. The largest absolute Gasteiger partial charge is 0.352 e. The second-order valence-electron chi connectivity index (χ2n) is 4.90. The zero-order valence-electron chi connectivity index (χ0n) is 11.0. The van der Waals surface area contributed by atoms with E-state index in [9.17, 15) is 0 Å². The minimum Gasteiger partial charge on any atom is -0.352 e. The Labute approximate surface area is 112 Å². The Morgan fingerprint density at radius 1 is 1.28 bits per heavy atom. The fraction of sp³-hybridized carbons (Fsp3) is 0.636. The van der Waals surface area contributed by atoms with Crippen molar-refractivity contribution in [3.8, 4) is 6.07 Å². The van der Waals surface area contributed by atoms with Crippen molar-refractivity contribution in [1.82, 2.24) is 15.0 Å². The van der Waals surface area contributed by atoms with Crippen molar-refractivity contribution in [2.45, 2.75) is 33.7 Å². The Bertz CT molecular complexity index is 451. The number of hydrogen-bond acceptors (Lipinski definition) is 6. The van der Waals surface area contributed by atoms with Crippen LogP contribution < -0.4 is 10.6 Å². The van der Waals surface area contributed by atoms with E-state index >= 15 is 0 Å². The van der Waals surface area contributed by atoms with Gasteiger partial charge in [-0.2, -0.15) is 20.2 Å². The predicted octanol–water partition coefficient (Wildman–Crippen LogP) is 2.31. The van der Waals surface area contributed by atoms with Gasteiger partial charge >= 0.3 is 0 Å². The number of aromatic nitrogens is 3. The highest BCUT2D eigenvalue weighted by Gasteiger charge is 2.17. The first-order valence-electron chi connectivity index (χ1n) is 5.65. The summed E-state index contributed by atoms with van der Waals surface area (Å²) in [5, 5.41) is 15.1. The lowest BCUT2D eigenvalue weighted by Crippen LogP contribution is -2.22. The number of halogens is 1. The van der Waals surface area contributed by atoms with Crippen LogP contribution in [-0.2, 0) is 0 Å². The quantitative estimate of drug-likeness (QED) is 0.852. The van der Waals surface area contributed by atoms with E-state index in [-0.39, 0.29) is 11.3 Å². The first kappa shape index (κ1) is 14.5. The van der Waals surface area contributed by atoms with Gasteiger partial charge in [0.05, 0.1) is 11.5 Å². The summed E-state index contributed by atoms with van der Waals surface area (Å²) in [6.07, 6.45) is 0. The Morgan fingerprint density at radius 2 is 1.89 bits per heavy atom. The van der Waals surface area contributed by atoms with Gasteiger partial charge in [-0.1, -0.05) is 0 Å². The minimum atomic E-state index is -0.495. The highest BCUT2D eigenvalue weighted by Crippen LogP contribution is 2.15. The molecule has 98 valence electrons. The van der Waals surface area contributed by atoms with E-state index in [4.69, 9.17) is 16.9 Å². The molecule has 0 atom stereocenters. The van der Waals surface area contributed by atoms with E-state index in [1.165, 1.54) is 0 Å². The van der Waals surface area contributed by atoms with Gasteiger partial charge in [0, 0.05) is 12.6 Å². The molecule has 0 aliphatic rings. The Morgan fingerprint density at radius 3 is 2.44 bits per heavy atom. The molecule has 0 saturated carbocycles. The second-order valence-corrected chi connectivity index (χ2v) is 5.24. The molecule has 2 N–H and O–H groups in total. The van der Waals surface area contributed by atoms with Crippen LogP contribution in [0.2, 0.25) is 5.28 Å². The second kappa shape index (κ2) is 5.83. The molecule has 6 nitrogen and oxygen atoms in total. The fourth-order valence-corrected chi connectivity index (χ4v) is 1.25. The molecule has 7 heteroatoms. The van der Waals surface area contributed by atoms with Crippen LogP contribution in [-0.4, -0.2) is 27.5 Å². The van der Waals surface area contributed by atoms with Gasteiger partial charge in [-0.15, -0.1) is 0 Å². The Hall–Kier alpha value is -1.61. The molecular weight excluding hydrogens is 252 g/mol. The summed E-state index contributed by atoms with van der Waals surface area (Å²) in [6.45, 7) is 8.05. The maximum absolute atomic E-state index is 8.92. The van der Waals surface area contributed by atoms with Gasteiger partial charge in [0.1, 0.15) is 0 Å². The molecule has 0 spiro atoms. The first-order chi connectivity index (χ1) is 8.32. The predicted molar refractivity (Wildman–Crippen MR) is 71.5 cm³/mol. The molecule has 0 saturated heterocycles. The highest BCUT2D eigenvalue weighted by molar-refractivity contribution is 6.28. The summed E-state index contributed by atoms with van der Waals surface area (Å²) < 4.78 is 0. The van der Waals surface area contributed by atoms with E-state index < -0.39 is 5.41 Å². The number of nitrogens with one attached hydrogen (secondary N) is 2. The normalized spacial score (nSPS) is 11.2. The van der Waals surface area contributed by atoms with Gasteiger partial charge in [0.15, 0.2) is 0 Å². The van der Waals surface area contributed by atoms with E-state index in [1.54, 1.807) is 0 Å². The van der Waals surface area contributed by atoms with Crippen molar-refractivity contribution in [2.24, 2.45) is 5.41 Å². The van der Waals surface area contributed by atoms with Gasteiger partial charge in [0.25, 0.3) is 0 Å². The highest BCUT2D eigenvalue weighted by atomic mass is 35.5. The van der Waals surface area contributed by atoms with Crippen LogP contribution in [0.4, 0.5) is 11.9 Å². The van der Waals surface area contributed by atoms with Crippen LogP contribution in [0.1, 0.15) is 27.7 Å². The van der Waals surface area contributed by atoms with Crippen LogP contribution in [0.3, 0.4) is 0 Å².